The second kappa shape index (κ2) is 5.99. The minimum absolute atomic E-state index is 0.177. The molecule has 7 heteroatoms. The van der Waals surface area contributed by atoms with Gasteiger partial charge in [0.15, 0.2) is 9.84 Å². The highest BCUT2D eigenvalue weighted by Gasteiger charge is 2.18. The highest BCUT2D eigenvalue weighted by Crippen LogP contribution is 2.25. The van der Waals surface area contributed by atoms with Crippen molar-refractivity contribution in [3.8, 4) is 0 Å². The summed E-state index contributed by atoms with van der Waals surface area (Å²) in [5.41, 5.74) is 7.08. The molecule has 20 heavy (non-hydrogen) atoms. The number of aliphatic hydroxyl groups is 1. The summed E-state index contributed by atoms with van der Waals surface area (Å²) in [7, 11) is -3.28. The number of hydrogen-bond acceptors (Lipinski definition) is 6. The van der Waals surface area contributed by atoms with Crippen LogP contribution in [0.25, 0.3) is 0 Å². The Bertz CT molecular complexity index is 566. The van der Waals surface area contributed by atoms with Crippen molar-refractivity contribution in [1.29, 1.82) is 0 Å². The van der Waals surface area contributed by atoms with E-state index in [4.69, 9.17) is 10.8 Å². The number of benzene rings is 1. The van der Waals surface area contributed by atoms with E-state index in [1.807, 2.05) is 0 Å². The summed E-state index contributed by atoms with van der Waals surface area (Å²) in [6, 6.07) is 5.09. The van der Waals surface area contributed by atoms with E-state index in [-0.39, 0.29) is 11.5 Å². The van der Waals surface area contributed by atoms with Gasteiger partial charge in [0, 0.05) is 44.7 Å². The van der Waals surface area contributed by atoms with Gasteiger partial charge >= 0.3 is 0 Å². The van der Waals surface area contributed by atoms with E-state index < -0.39 is 9.84 Å². The molecular formula is C13H21N3O3S. The number of β-amino-alcohol motifs (C(OH)–C–C–N with tert-alkyl or cyclic N) is 1. The van der Waals surface area contributed by atoms with E-state index in [0.29, 0.717) is 12.2 Å². The summed E-state index contributed by atoms with van der Waals surface area (Å²) in [6.07, 6.45) is 1.16. The van der Waals surface area contributed by atoms with Crippen molar-refractivity contribution >= 4 is 21.2 Å². The Kier molecular flexibility index (Phi) is 4.52. The second-order valence-electron chi connectivity index (χ2n) is 5.05. The maximum absolute atomic E-state index is 11.5. The quantitative estimate of drug-likeness (QED) is 0.748. The van der Waals surface area contributed by atoms with E-state index >= 15 is 0 Å². The van der Waals surface area contributed by atoms with Crippen molar-refractivity contribution in [2.75, 3.05) is 56.2 Å². The van der Waals surface area contributed by atoms with E-state index in [2.05, 4.69) is 9.80 Å². The molecule has 1 aromatic rings. The number of nitrogens with two attached hydrogens (primary N) is 1. The third-order valence-corrected chi connectivity index (χ3v) is 4.72. The van der Waals surface area contributed by atoms with Crippen LogP contribution in [0.4, 0.5) is 11.4 Å². The minimum atomic E-state index is -3.28. The first-order chi connectivity index (χ1) is 9.41. The molecule has 0 radical (unpaired) electrons. The number of piperazine rings is 1. The number of sulfone groups is 1. The van der Waals surface area contributed by atoms with E-state index in [0.717, 1.165) is 38.1 Å². The minimum Gasteiger partial charge on any atom is -0.398 e. The van der Waals surface area contributed by atoms with Gasteiger partial charge in [-0.15, -0.1) is 0 Å². The summed E-state index contributed by atoms with van der Waals surface area (Å²) in [5.74, 6) is 0. The molecule has 1 aliphatic heterocycles. The third kappa shape index (κ3) is 3.41. The highest BCUT2D eigenvalue weighted by molar-refractivity contribution is 7.90. The van der Waals surface area contributed by atoms with Crippen LogP contribution in [0, 0.1) is 0 Å². The lowest BCUT2D eigenvalue weighted by Crippen LogP contribution is -2.47. The molecule has 1 saturated heterocycles. The van der Waals surface area contributed by atoms with Crippen molar-refractivity contribution in [1.82, 2.24) is 4.90 Å². The van der Waals surface area contributed by atoms with Crippen molar-refractivity contribution in [2.24, 2.45) is 0 Å². The molecule has 2 rings (SSSR count). The molecule has 0 bridgehead atoms. The molecule has 3 N–H and O–H groups in total. The number of hydrogen-bond donors (Lipinski definition) is 2. The van der Waals surface area contributed by atoms with Crippen LogP contribution in [-0.4, -0.2) is 64.0 Å². The lowest BCUT2D eigenvalue weighted by atomic mass is 10.2. The lowest BCUT2D eigenvalue weighted by Gasteiger charge is -2.36. The van der Waals surface area contributed by atoms with Gasteiger partial charge in [-0.3, -0.25) is 4.90 Å². The molecule has 1 aromatic carbocycles. The van der Waals surface area contributed by atoms with Gasteiger partial charge in [-0.05, 0) is 18.2 Å². The molecule has 0 aromatic heterocycles. The predicted molar refractivity (Wildman–Crippen MR) is 79.7 cm³/mol. The fourth-order valence-corrected chi connectivity index (χ4v) is 3.24. The normalized spacial score (nSPS) is 17.4. The average molecular weight is 299 g/mol. The fraction of sp³-hybridized carbons (Fsp3) is 0.538. The van der Waals surface area contributed by atoms with Crippen molar-refractivity contribution in [3.05, 3.63) is 18.2 Å². The van der Waals surface area contributed by atoms with E-state index in [1.54, 1.807) is 18.2 Å². The van der Waals surface area contributed by atoms with Crippen LogP contribution in [0.1, 0.15) is 0 Å². The summed E-state index contributed by atoms with van der Waals surface area (Å²) in [5, 5.41) is 8.92. The molecular weight excluding hydrogens is 278 g/mol. The first-order valence-corrected chi connectivity index (χ1v) is 8.48. The predicted octanol–water partition coefficient (Wildman–Crippen LogP) is -0.213. The summed E-state index contributed by atoms with van der Waals surface area (Å²) in [6.45, 7) is 4.33. The molecule has 1 heterocycles. The highest BCUT2D eigenvalue weighted by atomic mass is 32.2. The van der Waals surface area contributed by atoms with Gasteiger partial charge in [0.25, 0.3) is 0 Å². The van der Waals surface area contributed by atoms with E-state index in [1.165, 1.54) is 0 Å². The van der Waals surface area contributed by atoms with Gasteiger partial charge in [0.05, 0.1) is 17.2 Å². The SMILES string of the molecule is CS(=O)(=O)c1ccc(N2CCN(CCO)CC2)cc1N. The van der Waals surface area contributed by atoms with Crippen LogP contribution in [-0.2, 0) is 9.84 Å². The van der Waals surface area contributed by atoms with Gasteiger partial charge in [0.1, 0.15) is 0 Å². The second-order valence-corrected chi connectivity index (χ2v) is 7.03. The molecule has 1 fully saturated rings. The van der Waals surface area contributed by atoms with Crippen LogP contribution in [0.3, 0.4) is 0 Å². The largest absolute Gasteiger partial charge is 0.398 e. The standard InChI is InChI=1S/C13H21N3O3S/c1-20(18,19)13-3-2-11(10-12(13)14)16-6-4-15(5-7-16)8-9-17/h2-3,10,17H,4-9,14H2,1H3. The molecule has 112 valence electrons. The molecule has 0 atom stereocenters. The number of nitrogens with zero attached hydrogens (tertiary/aromatic N) is 2. The van der Waals surface area contributed by atoms with Crippen LogP contribution in [0.5, 0.6) is 0 Å². The van der Waals surface area contributed by atoms with Crippen molar-refractivity contribution < 1.29 is 13.5 Å². The zero-order chi connectivity index (χ0) is 14.8. The third-order valence-electron chi connectivity index (χ3n) is 3.55. The number of aliphatic hydroxyl groups excluding tert-OH is 1. The summed E-state index contributed by atoms with van der Waals surface area (Å²) in [4.78, 5) is 4.56. The zero-order valence-corrected chi connectivity index (χ0v) is 12.4. The molecule has 0 spiro atoms. The van der Waals surface area contributed by atoms with Crippen LogP contribution in [0.2, 0.25) is 0 Å². The monoisotopic (exact) mass is 299 g/mol. The van der Waals surface area contributed by atoms with Crippen LogP contribution in [0.15, 0.2) is 23.1 Å². The number of nitrogen functional groups attached to an aromatic ring is 1. The Labute approximate surface area is 119 Å². The molecule has 0 unspecified atom stereocenters. The van der Waals surface area contributed by atoms with Crippen LogP contribution >= 0.6 is 0 Å². The Morgan fingerprint density at radius 2 is 1.90 bits per heavy atom. The Morgan fingerprint density at radius 3 is 2.40 bits per heavy atom. The maximum atomic E-state index is 11.5. The first-order valence-electron chi connectivity index (χ1n) is 6.59. The first kappa shape index (κ1) is 15.1. The number of anilines is 2. The summed E-state index contributed by atoms with van der Waals surface area (Å²) >= 11 is 0. The molecule has 0 amide bonds. The van der Waals surface area contributed by atoms with E-state index in [9.17, 15) is 8.42 Å². The Hall–Kier alpha value is -1.31. The van der Waals surface area contributed by atoms with Gasteiger partial charge in [0.2, 0.25) is 0 Å². The van der Waals surface area contributed by atoms with Gasteiger partial charge in [-0.1, -0.05) is 0 Å². The van der Waals surface area contributed by atoms with Crippen molar-refractivity contribution in [3.63, 3.8) is 0 Å². The molecule has 0 aliphatic carbocycles. The fourth-order valence-electron chi connectivity index (χ4n) is 2.44. The van der Waals surface area contributed by atoms with Crippen LogP contribution < -0.4 is 10.6 Å². The Morgan fingerprint density at radius 1 is 1.25 bits per heavy atom. The maximum Gasteiger partial charge on any atom is 0.177 e. The molecule has 0 saturated carbocycles. The molecule has 1 aliphatic rings. The molecule has 6 nitrogen and oxygen atoms in total. The van der Waals surface area contributed by atoms with Gasteiger partial charge in [-0.25, -0.2) is 8.42 Å². The average Bonchev–Trinajstić information content (AvgIpc) is 2.38. The Balaban J connectivity index is 2.10. The van der Waals surface area contributed by atoms with Crippen molar-refractivity contribution in [2.45, 2.75) is 4.90 Å². The van der Waals surface area contributed by atoms with Gasteiger partial charge < -0.3 is 15.7 Å². The lowest BCUT2D eigenvalue weighted by molar-refractivity contribution is 0.189. The number of rotatable bonds is 4. The smallest absolute Gasteiger partial charge is 0.177 e. The van der Waals surface area contributed by atoms with Gasteiger partial charge in [-0.2, -0.15) is 0 Å². The zero-order valence-electron chi connectivity index (χ0n) is 11.6. The topological polar surface area (TPSA) is 86.9 Å². The summed E-state index contributed by atoms with van der Waals surface area (Å²) < 4.78 is 23.1.